The summed E-state index contributed by atoms with van der Waals surface area (Å²) in [4.78, 5) is 30.1. The highest BCUT2D eigenvalue weighted by molar-refractivity contribution is 9.10. The molecule has 44 heavy (non-hydrogen) atoms. The van der Waals surface area contributed by atoms with Crippen LogP contribution in [0.5, 0.6) is 0 Å². The lowest BCUT2D eigenvalue weighted by atomic mass is 9.94. The zero-order valence-electron chi connectivity index (χ0n) is 24.9. The lowest BCUT2D eigenvalue weighted by molar-refractivity contribution is -0.140. The van der Waals surface area contributed by atoms with E-state index in [1.165, 1.54) is 0 Å². The summed E-state index contributed by atoms with van der Waals surface area (Å²) in [5.74, 6) is -0.673. The quantitative estimate of drug-likeness (QED) is 0.198. The van der Waals surface area contributed by atoms with E-state index in [2.05, 4.69) is 21.2 Å². The molecule has 1 aliphatic carbocycles. The van der Waals surface area contributed by atoms with E-state index in [0.29, 0.717) is 12.1 Å². The van der Waals surface area contributed by atoms with Crippen molar-refractivity contribution in [2.24, 2.45) is 0 Å². The molecule has 0 bridgehead atoms. The molecule has 4 aromatic rings. The summed E-state index contributed by atoms with van der Waals surface area (Å²) in [6.07, 6.45) is 6.51. The molecular weight excluding hydrogens is 638 g/mol. The summed E-state index contributed by atoms with van der Waals surface area (Å²) in [6, 6.07) is 29.4. The van der Waals surface area contributed by atoms with Gasteiger partial charge >= 0.3 is 0 Å². The lowest BCUT2D eigenvalue weighted by Gasteiger charge is -2.35. The highest BCUT2D eigenvalue weighted by Gasteiger charge is 2.34. The maximum atomic E-state index is 14.4. The fraction of sp³-hybridized carbons (Fsp3) is 0.314. The number of halogens is 1. The molecule has 0 heterocycles. The van der Waals surface area contributed by atoms with E-state index in [1.54, 1.807) is 17.0 Å². The van der Waals surface area contributed by atoms with Crippen molar-refractivity contribution in [2.75, 3.05) is 17.1 Å². The number of carbonyl (C=O) groups is 2. The molecule has 2 amide bonds. The summed E-state index contributed by atoms with van der Waals surface area (Å²) >= 11 is 3.47. The SMILES string of the molecule is CS(=O)(=O)N(CC(=O)N(Cc1ccc(Br)cc1)C(Cc1ccccc1)C(=O)NC1CCCCC1)c1cccc2ccccc12. The second kappa shape index (κ2) is 14.4. The highest BCUT2D eigenvalue weighted by atomic mass is 79.9. The van der Waals surface area contributed by atoms with Crippen molar-refractivity contribution in [2.45, 2.75) is 57.2 Å². The van der Waals surface area contributed by atoms with E-state index < -0.39 is 28.5 Å². The number of rotatable bonds is 11. The molecule has 0 radical (unpaired) electrons. The largest absolute Gasteiger partial charge is 0.352 e. The number of nitrogens with one attached hydrogen (secondary N) is 1. The van der Waals surface area contributed by atoms with Crippen LogP contribution in [0.15, 0.2) is 102 Å². The Morgan fingerprint density at radius 3 is 2.20 bits per heavy atom. The number of amides is 2. The van der Waals surface area contributed by atoms with Gasteiger partial charge < -0.3 is 10.2 Å². The van der Waals surface area contributed by atoms with Crippen LogP contribution >= 0.6 is 15.9 Å². The second-order valence-corrected chi connectivity index (χ2v) is 14.3. The van der Waals surface area contributed by atoms with Gasteiger partial charge in [-0.1, -0.05) is 114 Å². The topological polar surface area (TPSA) is 86.8 Å². The molecule has 1 fully saturated rings. The molecule has 0 aromatic heterocycles. The minimum atomic E-state index is -3.86. The Morgan fingerprint density at radius 2 is 1.50 bits per heavy atom. The second-order valence-electron chi connectivity index (χ2n) is 11.5. The van der Waals surface area contributed by atoms with Gasteiger partial charge in [0.15, 0.2) is 0 Å². The molecule has 0 spiro atoms. The van der Waals surface area contributed by atoms with Crippen LogP contribution in [0.4, 0.5) is 5.69 Å². The van der Waals surface area contributed by atoms with E-state index in [9.17, 15) is 18.0 Å². The number of benzene rings is 4. The minimum absolute atomic E-state index is 0.0577. The van der Waals surface area contributed by atoms with E-state index in [0.717, 1.165) is 69.0 Å². The average molecular weight is 677 g/mol. The molecule has 5 rings (SSSR count). The van der Waals surface area contributed by atoms with Crippen molar-refractivity contribution < 1.29 is 18.0 Å². The molecule has 0 aliphatic heterocycles. The Bertz CT molecular complexity index is 1690. The molecule has 1 atom stereocenters. The fourth-order valence-corrected chi connectivity index (χ4v) is 7.03. The first-order valence-electron chi connectivity index (χ1n) is 15.0. The van der Waals surface area contributed by atoms with E-state index in [1.807, 2.05) is 84.9 Å². The summed E-state index contributed by atoms with van der Waals surface area (Å²) in [5.41, 5.74) is 2.17. The third kappa shape index (κ3) is 8.07. The predicted molar refractivity (Wildman–Crippen MR) is 180 cm³/mol. The van der Waals surface area contributed by atoms with Crippen molar-refractivity contribution in [3.63, 3.8) is 0 Å². The van der Waals surface area contributed by atoms with Crippen molar-refractivity contribution in [1.82, 2.24) is 10.2 Å². The summed E-state index contributed by atoms with van der Waals surface area (Å²) in [5, 5.41) is 4.83. The summed E-state index contributed by atoms with van der Waals surface area (Å²) < 4.78 is 28.6. The Kier molecular flexibility index (Phi) is 10.4. The number of fused-ring (bicyclic) bond motifs is 1. The van der Waals surface area contributed by atoms with Crippen molar-refractivity contribution in [3.8, 4) is 0 Å². The van der Waals surface area contributed by atoms with Gasteiger partial charge in [0.25, 0.3) is 0 Å². The number of anilines is 1. The summed E-state index contributed by atoms with van der Waals surface area (Å²) in [7, 11) is -3.86. The number of nitrogens with zero attached hydrogens (tertiary/aromatic N) is 2. The smallest absolute Gasteiger partial charge is 0.244 e. The van der Waals surface area contributed by atoms with Crippen LogP contribution < -0.4 is 9.62 Å². The zero-order valence-corrected chi connectivity index (χ0v) is 27.3. The van der Waals surface area contributed by atoms with Crippen molar-refractivity contribution in [3.05, 3.63) is 113 Å². The molecule has 4 aromatic carbocycles. The standard InChI is InChI=1S/C35H38BrN3O4S/c1-44(42,43)39(32-18-10-14-28-13-8-9-17-31(28)32)25-34(40)38(24-27-19-21-29(36)22-20-27)33(23-26-11-4-2-5-12-26)35(41)37-30-15-6-3-7-16-30/h2,4-5,8-14,17-22,30,33H,3,6-7,15-16,23-25H2,1H3,(H,37,41). The molecule has 7 nitrogen and oxygen atoms in total. The zero-order chi connectivity index (χ0) is 31.1. The maximum Gasteiger partial charge on any atom is 0.244 e. The Balaban J connectivity index is 1.54. The molecule has 1 unspecified atom stereocenters. The van der Waals surface area contributed by atoms with Crippen LogP contribution in [-0.4, -0.2) is 50.0 Å². The minimum Gasteiger partial charge on any atom is -0.352 e. The van der Waals surface area contributed by atoms with Gasteiger partial charge in [-0.25, -0.2) is 8.42 Å². The third-order valence-electron chi connectivity index (χ3n) is 8.20. The fourth-order valence-electron chi connectivity index (χ4n) is 5.91. The van der Waals surface area contributed by atoms with Gasteiger partial charge in [0.1, 0.15) is 12.6 Å². The molecule has 1 N–H and O–H groups in total. The van der Waals surface area contributed by atoms with Crippen LogP contribution in [0, 0.1) is 0 Å². The lowest BCUT2D eigenvalue weighted by Crippen LogP contribution is -2.55. The summed E-state index contributed by atoms with van der Waals surface area (Å²) in [6.45, 7) is -0.291. The van der Waals surface area contributed by atoms with Gasteiger partial charge in [0.05, 0.1) is 11.9 Å². The molecule has 1 aliphatic rings. The number of hydrogen-bond acceptors (Lipinski definition) is 4. The monoisotopic (exact) mass is 675 g/mol. The number of sulfonamides is 1. The van der Waals surface area contributed by atoms with Crippen LogP contribution in [0.3, 0.4) is 0 Å². The van der Waals surface area contributed by atoms with Gasteiger partial charge in [-0.3, -0.25) is 13.9 Å². The number of hydrogen-bond donors (Lipinski definition) is 1. The van der Waals surface area contributed by atoms with E-state index in [4.69, 9.17) is 0 Å². The predicted octanol–water partition coefficient (Wildman–Crippen LogP) is 6.46. The molecule has 230 valence electrons. The van der Waals surface area contributed by atoms with Crippen LogP contribution in [0.2, 0.25) is 0 Å². The first-order chi connectivity index (χ1) is 21.2. The van der Waals surface area contributed by atoms with Crippen molar-refractivity contribution in [1.29, 1.82) is 0 Å². The van der Waals surface area contributed by atoms with Crippen LogP contribution in [0.1, 0.15) is 43.2 Å². The van der Waals surface area contributed by atoms with Gasteiger partial charge in [-0.05, 0) is 47.6 Å². The van der Waals surface area contributed by atoms with Crippen LogP contribution in [-0.2, 0) is 32.6 Å². The molecule has 1 saturated carbocycles. The Morgan fingerprint density at radius 1 is 0.841 bits per heavy atom. The van der Waals surface area contributed by atoms with E-state index >= 15 is 0 Å². The number of carbonyl (C=O) groups excluding carboxylic acids is 2. The van der Waals surface area contributed by atoms with Gasteiger partial charge in [0, 0.05) is 28.9 Å². The Labute approximate surface area is 268 Å². The normalized spacial score (nSPS) is 14.6. The first kappa shape index (κ1) is 31.7. The van der Waals surface area contributed by atoms with Gasteiger partial charge in [0.2, 0.25) is 21.8 Å². The Hall–Kier alpha value is -3.69. The first-order valence-corrected chi connectivity index (χ1v) is 17.7. The van der Waals surface area contributed by atoms with E-state index in [-0.39, 0.29) is 18.5 Å². The molecule has 0 saturated heterocycles. The van der Waals surface area contributed by atoms with Gasteiger partial charge in [-0.2, -0.15) is 0 Å². The average Bonchev–Trinajstić information content (AvgIpc) is 3.02. The third-order valence-corrected chi connectivity index (χ3v) is 9.86. The highest BCUT2D eigenvalue weighted by Crippen LogP contribution is 2.29. The van der Waals surface area contributed by atoms with Gasteiger partial charge in [-0.15, -0.1) is 0 Å². The van der Waals surface area contributed by atoms with Crippen LogP contribution in [0.25, 0.3) is 10.8 Å². The molecule has 9 heteroatoms. The molecular formula is C35H38BrN3O4S. The maximum absolute atomic E-state index is 14.4. The van der Waals surface area contributed by atoms with Crippen molar-refractivity contribution >= 4 is 54.2 Å².